The number of carbonyl (C=O) groups is 1. The van der Waals surface area contributed by atoms with Crippen molar-refractivity contribution in [3.63, 3.8) is 0 Å². The number of morpholine rings is 1. The van der Waals surface area contributed by atoms with Gasteiger partial charge >= 0.3 is 6.03 Å². The molecule has 2 aliphatic heterocycles. The van der Waals surface area contributed by atoms with Gasteiger partial charge in [0.25, 0.3) is 0 Å². The number of halogens is 2. The molecule has 2 unspecified atom stereocenters. The van der Waals surface area contributed by atoms with Crippen LogP contribution >= 0.6 is 11.6 Å². The largest absolute Gasteiger partial charge is 0.376 e. The molecular weight excluding hydrogens is 435 g/mol. The highest BCUT2D eigenvalue weighted by Gasteiger charge is 2.31. The first-order valence-corrected chi connectivity index (χ1v) is 11.5. The number of rotatable bonds is 5. The average molecular weight is 465 g/mol. The van der Waals surface area contributed by atoms with Gasteiger partial charge < -0.3 is 19.5 Å². The Morgan fingerprint density at radius 3 is 2.78 bits per heavy atom. The molecule has 8 nitrogen and oxygen atoms in total. The lowest BCUT2D eigenvalue weighted by Gasteiger charge is -2.38. The molecule has 0 saturated carbocycles. The van der Waals surface area contributed by atoms with E-state index >= 15 is 0 Å². The molecule has 2 saturated heterocycles. The van der Waals surface area contributed by atoms with Gasteiger partial charge in [-0.05, 0) is 31.9 Å². The number of likely N-dealkylation sites (tertiary alicyclic amines) is 1. The first-order valence-electron chi connectivity index (χ1n) is 11.1. The van der Waals surface area contributed by atoms with E-state index in [1.165, 1.54) is 6.07 Å². The second-order valence-corrected chi connectivity index (χ2v) is 8.98. The molecule has 10 heteroatoms. The third-order valence-electron chi connectivity index (χ3n) is 6.39. The van der Waals surface area contributed by atoms with Crippen LogP contribution in [0.1, 0.15) is 43.1 Å². The molecule has 2 aliphatic rings. The normalized spacial score (nSPS) is 21.5. The van der Waals surface area contributed by atoms with E-state index in [1.807, 2.05) is 23.4 Å². The fraction of sp³-hybridized carbons (Fsp3) is 0.591. The number of nitrogens with zero attached hydrogens (tertiary/aromatic N) is 5. The van der Waals surface area contributed by atoms with Gasteiger partial charge in [0.05, 0.1) is 18.8 Å². The number of piperidine rings is 1. The predicted molar refractivity (Wildman–Crippen MR) is 119 cm³/mol. The highest BCUT2D eigenvalue weighted by Crippen LogP contribution is 2.31. The fourth-order valence-electron chi connectivity index (χ4n) is 4.67. The highest BCUT2D eigenvalue weighted by atomic mass is 35.5. The van der Waals surface area contributed by atoms with Crippen molar-refractivity contribution in [2.24, 2.45) is 7.05 Å². The van der Waals surface area contributed by atoms with Crippen LogP contribution in [0.5, 0.6) is 0 Å². The Hall–Kier alpha value is -2.23. The van der Waals surface area contributed by atoms with Crippen LogP contribution in [-0.4, -0.2) is 76.0 Å². The number of benzene rings is 1. The van der Waals surface area contributed by atoms with Gasteiger partial charge in [0.15, 0.2) is 0 Å². The topological polar surface area (TPSA) is 75.5 Å². The van der Waals surface area contributed by atoms with Gasteiger partial charge in [0.1, 0.15) is 18.0 Å². The quantitative estimate of drug-likeness (QED) is 0.736. The summed E-state index contributed by atoms with van der Waals surface area (Å²) in [5.41, 5.74) is 0.421. The Morgan fingerprint density at radius 1 is 1.34 bits per heavy atom. The van der Waals surface area contributed by atoms with Crippen molar-refractivity contribution in [1.29, 1.82) is 0 Å². The molecule has 2 atom stereocenters. The maximum absolute atomic E-state index is 14.8. The van der Waals surface area contributed by atoms with Gasteiger partial charge in [-0.25, -0.2) is 9.18 Å². The van der Waals surface area contributed by atoms with Crippen molar-refractivity contribution in [2.45, 2.75) is 37.8 Å². The van der Waals surface area contributed by atoms with Gasteiger partial charge in [0.2, 0.25) is 0 Å². The van der Waals surface area contributed by atoms with Gasteiger partial charge in [-0.3, -0.25) is 4.90 Å². The molecule has 1 aromatic heterocycles. The van der Waals surface area contributed by atoms with Gasteiger partial charge in [-0.1, -0.05) is 17.7 Å². The Kier molecular flexibility index (Phi) is 7.27. The minimum absolute atomic E-state index is 0.0344. The van der Waals surface area contributed by atoms with Crippen molar-refractivity contribution < 1.29 is 13.9 Å². The van der Waals surface area contributed by atoms with Crippen molar-refractivity contribution >= 4 is 17.6 Å². The first kappa shape index (κ1) is 22.9. The molecular formula is C22H30ClFN6O2. The summed E-state index contributed by atoms with van der Waals surface area (Å²) < 4.78 is 22.3. The number of hydrogen-bond acceptors (Lipinski definition) is 5. The summed E-state index contributed by atoms with van der Waals surface area (Å²) in [7, 11) is 1.94. The molecule has 2 aromatic rings. The van der Waals surface area contributed by atoms with Crippen molar-refractivity contribution in [2.75, 3.05) is 39.3 Å². The summed E-state index contributed by atoms with van der Waals surface area (Å²) in [6.45, 7) is 5.41. The van der Waals surface area contributed by atoms with E-state index in [4.69, 9.17) is 16.3 Å². The summed E-state index contributed by atoms with van der Waals surface area (Å²) >= 11 is 6.39. The second kappa shape index (κ2) is 10.1. The molecule has 0 spiro atoms. The van der Waals surface area contributed by atoms with Crippen molar-refractivity contribution in [3.8, 4) is 0 Å². The number of aromatic nitrogens is 3. The molecule has 2 amide bonds. The van der Waals surface area contributed by atoms with E-state index < -0.39 is 0 Å². The third-order valence-corrected chi connectivity index (χ3v) is 6.72. The standard InChI is InChI=1S/C22H30ClFN6O2/c1-15-13-30(10-11-32-15)19(20-17(23)4-3-5-18(20)24)12-25-22(31)29-8-6-16(7-9-29)21-27-26-14-28(21)2/h3-5,14-16,19H,6-13H2,1-2H3,(H,25,31). The summed E-state index contributed by atoms with van der Waals surface area (Å²) in [4.78, 5) is 16.9. The highest BCUT2D eigenvalue weighted by molar-refractivity contribution is 6.31. The smallest absolute Gasteiger partial charge is 0.317 e. The van der Waals surface area contributed by atoms with Crippen LogP contribution in [0, 0.1) is 5.82 Å². The maximum Gasteiger partial charge on any atom is 0.317 e. The molecule has 4 rings (SSSR count). The van der Waals surface area contributed by atoms with Gasteiger partial charge in [-0.2, -0.15) is 0 Å². The number of ether oxygens (including phenoxy) is 1. The summed E-state index contributed by atoms with van der Waals surface area (Å²) in [6.07, 6.45) is 3.41. The van der Waals surface area contributed by atoms with Crippen LogP contribution in [0.2, 0.25) is 5.02 Å². The fourth-order valence-corrected chi connectivity index (χ4v) is 4.96. The Labute approximate surface area is 192 Å². The monoisotopic (exact) mass is 464 g/mol. The molecule has 3 heterocycles. The molecule has 0 aliphatic carbocycles. The van der Waals surface area contributed by atoms with Crippen molar-refractivity contribution in [1.82, 2.24) is 29.9 Å². The summed E-state index contributed by atoms with van der Waals surface area (Å²) in [5, 5.41) is 11.6. The summed E-state index contributed by atoms with van der Waals surface area (Å²) in [6, 6.07) is 4.20. The van der Waals surface area contributed by atoms with Crippen LogP contribution in [0.4, 0.5) is 9.18 Å². The second-order valence-electron chi connectivity index (χ2n) is 8.57. The number of nitrogens with one attached hydrogen (secondary N) is 1. The molecule has 0 bridgehead atoms. The Balaban J connectivity index is 1.41. The van der Waals surface area contributed by atoms with E-state index in [2.05, 4.69) is 20.4 Å². The van der Waals surface area contributed by atoms with Crippen LogP contribution in [-0.2, 0) is 11.8 Å². The third kappa shape index (κ3) is 5.05. The minimum Gasteiger partial charge on any atom is -0.376 e. The predicted octanol–water partition coefficient (Wildman–Crippen LogP) is 2.96. The Morgan fingerprint density at radius 2 is 2.12 bits per heavy atom. The molecule has 174 valence electrons. The molecule has 2 fully saturated rings. The number of urea groups is 1. The number of aryl methyl sites for hydroxylation is 1. The zero-order valence-electron chi connectivity index (χ0n) is 18.5. The number of amides is 2. The average Bonchev–Trinajstić information content (AvgIpc) is 3.21. The Bertz CT molecular complexity index is 913. The lowest BCUT2D eigenvalue weighted by atomic mass is 9.96. The molecule has 1 N–H and O–H groups in total. The minimum atomic E-state index is -0.366. The van der Waals surface area contributed by atoms with Crippen LogP contribution < -0.4 is 5.32 Å². The van der Waals surface area contributed by atoms with E-state index in [1.54, 1.807) is 18.5 Å². The summed E-state index contributed by atoms with van der Waals surface area (Å²) in [5.74, 6) is 0.896. The molecule has 1 aromatic carbocycles. The van der Waals surface area contributed by atoms with Gasteiger partial charge in [-0.15, -0.1) is 10.2 Å². The van der Waals surface area contributed by atoms with Gasteiger partial charge in [0, 0.05) is 56.3 Å². The lowest BCUT2D eigenvalue weighted by molar-refractivity contribution is -0.0346. The molecule has 0 radical (unpaired) electrons. The number of carbonyl (C=O) groups excluding carboxylic acids is 1. The number of hydrogen-bond donors (Lipinski definition) is 1. The van der Waals surface area contributed by atoms with Crippen LogP contribution in [0.25, 0.3) is 0 Å². The zero-order valence-corrected chi connectivity index (χ0v) is 19.3. The maximum atomic E-state index is 14.8. The van der Waals surface area contributed by atoms with Crippen LogP contribution in [0.15, 0.2) is 24.5 Å². The SMILES string of the molecule is CC1CN(C(CNC(=O)N2CCC(c3nncn3C)CC2)c2c(F)cccc2Cl)CCO1. The van der Waals surface area contributed by atoms with E-state index in [0.29, 0.717) is 49.3 Å². The van der Waals surface area contributed by atoms with E-state index in [-0.39, 0.29) is 30.5 Å². The van der Waals surface area contributed by atoms with E-state index in [0.717, 1.165) is 18.7 Å². The lowest BCUT2D eigenvalue weighted by Crippen LogP contribution is -2.49. The van der Waals surface area contributed by atoms with E-state index in [9.17, 15) is 9.18 Å². The first-order chi connectivity index (χ1) is 15.4. The zero-order chi connectivity index (χ0) is 22.7. The van der Waals surface area contributed by atoms with Crippen molar-refractivity contribution in [3.05, 3.63) is 46.8 Å². The molecule has 32 heavy (non-hydrogen) atoms. The van der Waals surface area contributed by atoms with Crippen LogP contribution in [0.3, 0.4) is 0 Å².